The standard InChI is InChI=1S/C22H29N3O5/c1-29-12-9-23-20(26)15-5-3-10-24(13-15)18-8-2-7-17-19(18)22(28)25(21(17)27)14-16-6-4-11-30-16/h2,7-8,15-16H,3-6,9-14H2,1H3,(H,23,26). The van der Waals surface area contributed by atoms with Gasteiger partial charge in [0, 0.05) is 33.4 Å². The van der Waals surface area contributed by atoms with Crippen molar-refractivity contribution in [1.29, 1.82) is 0 Å². The van der Waals surface area contributed by atoms with E-state index in [1.54, 1.807) is 13.2 Å². The van der Waals surface area contributed by atoms with Crippen molar-refractivity contribution in [3.63, 3.8) is 0 Å². The van der Waals surface area contributed by atoms with Crippen LogP contribution in [0.3, 0.4) is 0 Å². The third-order valence-corrected chi connectivity index (χ3v) is 6.13. The van der Waals surface area contributed by atoms with E-state index in [1.165, 1.54) is 4.90 Å². The molecule has 0 saturated carbocycles. The monoisotopic (exact) mass is 415 g/mol. The molecule has 4 rings (SSSR count). The van der Waals surface area contributed by atoms with Gasteiger partial charge in [-0.05, 0) is 37.8 Å². The minimum absolute atomic E-state index is 0.00624. The van der Waals surface area contributed by atoms with Gasteiger partial charge >= 0.3 is 0 Å². The van der Waals surface area contributed by atoms with E-state index in [0.717, 1.165) is 37.9 Å². The summed E-state index contributed by atoms with van der Waals surface area (Å²) >= 11 is 0. The Kier molecular flexibility index (Phi) is 6.34. The molecule has 0 radical (unpaired) electrons. The molecule has 3 amide bonds. The Balaban J connectivity index is 1.50. The number of amides is 3. The minimum Gasteiger partial charge on any atom is -0.383 e. The number of nitrogens with zero attached hydrogens (tertiary/aromatic N) is 2. The fourth-order valence-corrected chi connectivity index (χ4v) is 4.57. The molecule has 3 heterocycles. The van der Waals surface area contributed by atoms with Crippen LogP contribution in [0.5, 0.6) is 0 Å². The number of ether oxygens (including phenoxy) is 2. The van der Waals surface area contributed by atoms with Gasteiger partial charge in [0.15, 0.2) is 0 Å². The third kappa shape index (κ3) is 4.06. The summed E-state index contributed by atoms with van der Waals surface area (Å²) in [7, 11) is 1.60. The molecule has 1 aromatic carbocycles. The highest BCUT2D eigenvalue weighted by molar-refractivity contribution is 6.23. The number of rotatable bonds is 7. The molecule has 2 unspecified atom stereocenters. The summed E-state index contributed by atoms with van der Waals surface area (Å²) in [6.45, 7) is 3.23. The number of methoxy groups -OCH3 is 1. The van der Waals surface area contributed by atoms with Gasteiger partial charge in [-0.25, -0.2) is 0 Å². The summed E-state index contributed by atoms with van der Waals surface area (Å²) in [6.07, 6.45) is 3.41. The molecule has 3 aliphatic heterocycles. The van der Waals surface area contributed by atoms with Gasteiger partial charge in [-0.15, -0.1) is 0 Å². The Hall–Kier alpha value is -2.45. The number of piperidine rings is 1. The first-order valence-corrected chi connectivity index (χ1v) is 10.7. The van der Waals surface area contributed by atoms with Crippen molar-refractivity contribution in [3.05, 3.63) is 29.3 Å². The van der Waals surface area contributed by atoms with Gasteiger partial charge in [0.05, 0.1) is 42.0 Å². The van der Waals surface area contributed by atoms with E-state index in [9.17, 15) is 14.4 Å². The van der Waals surface area contributed by atoms with E-state index in [-0.39, 0.29) is 29.7 Å². The Labute approximate surface area is 176 Å². The molecule has 1 N–H and O–H groups in total. The number of nitrogens with one attached hydrogen (secondary N) is 1. The second-order valence-corrected chi connectivity index (χ2v) is 8.12. The van der Waals surface area contributed by atoms with Crippen LogP contribution in [-0.4, -0.2) is 75.2 Å². The quantitative estimate of drug-likeness (QED) is 0.536. The van der Waals surface area contributed by atoms with Crippen LogP contribution in [0.4, 0.5) is 5.69 Å². The van der Waals surface area contributed by atoms with E-state index < -0.39 is 0 Å². The summed E-state index contributed by atoms with van der Waals surface area (Å²) in [4.78, 5) is 42.0. The molecule has 0 bridgehead atoms. The Morgan fingerprint density at radius 2 is 2.10 bits per heavy atom. The van der Waals surface area contributed by atoms with Crippen LogP contribution in [0.2, 0.25) is 0 Å². The highest BCUT2D eigenvalue weighted by Crippen LogP contribution is 2.34. The molecule has 0 spiro atoms. The Bertz CT molecular complexity index is 821. The van der Waals surface area contributed by atoms with Crippen molar-refractivity contribution in [2.45, 2.75) is 31.8 Å². The predicted molar refractivity (Wildman–Crippen MR) is 111 cm³/mol. The van der Waals surface area contributed by atoms with Crippen LogP contribution in [0.25, 0.3) is 0 Å². The van der Waals surface area contributed by atoms with Gasteiger partial charge in [-0.3, -0.25) is 19.3 Å². The maximum absolute atomic E-state index is 13.2. The van der Waals surface area contributed by atoms with Crippen LogP contribution < -0.4 is 10.2 Å². The summed E-state index contributed by atoms with van der Waals surface area (Å²) in [5, 5.41) is 2.91. The molecule has 0 aliphatic carbocycles. The van der Waals surface area contributed by atoms with Crippen molar-refractivity contribution >= 4 is 23.4 Å². The second-order valence-electron chi connectivity index (χ2n) is 8.12. The third-order valence-electron chi connectivity index (χ3n) is 6.13. The first kappa shape index (κ1) is 20.8. The Morgan fingerprint density at radius 1 is 1.23 bits per heavy atom. The smallest absolute Gasteiger partial charge is 0.263 e. The zero-order valence-corrected chi connectivity index (χ0v) is 17.4. The average Bonchev–Trinajstić information content (AvgIpc) is 3.37. The van der Waals surface area contributed by atoms with Crippen molar-refractivity contribution in [2.24, 2.45) is 5.92 Å². The van der Waals surface area contributed by atoms with E-state index >= 15 is 0 Å². The lowest BCUT2D eigenvalue weighted by Gasteiger charge is -2.34. The van der Waals surface area contributed by atoms with Crippen LogP contribution >= 0.6 is 0 Å². The molecule has 8 heteroatoms. The number of fused-ring (bicyclic) bond motifs is 1. The van der Waals surface area contributed by atoms with Crippen molar-refractivity contribution in [2.75, 3.05) is 51.4 Å². The maximum Gasteiger partial charge on any atom is 0.263 e. The molecule has 3 aliphatic rings. The number of benzene rings is 1. The molecule has 2 atom stereocenters. The van der Waals surface area contributed by atoms with Crippen molar-refractivity contribution < 1.29 is 23.9 Å². The lowest BCUT2D eigenvalue weighted by molar-refractivity contribution is -0.125. The molecule has 2 fully saturated rings. The van der Waals surface area contributed by atoms with Crippen LogP contribution in [0.15, 0.2) is 18.2 Å². The van der Waals surface area contributed by atoms with E-state index in [1.807, 2.05) is 12.1 Å². The average molecular weight is 415 g/mol. The van der Waals surface area contributed by atoms with Gasteiger partial charge in [-0.2, -0.15) is 0 Å². The summed E-state index contributed by atoms with van der Waals surface area (Å²) < 4.78 is 10.6. The van der Waals surface area contributed by atoms with Gasteiger partial charge in [0.1, 0.15) is 0 Å². The van der Waals surface area contributed by atoms with Gasteiger partial charge in [-0.1, -0.05) is 6.07 Å². The minimum atomic E-state index is -0.257. The summed E-state index contributed by atoms with van der Waals surface area (Å²) in [5.41, 5.74) is 1.65. The van der Waals surface area contributed by atoms with E-state index in [0.29, 0.717) is 44.0 Å². The van der Waals surface area contributed by atoms with Gasteiger partial charge < -0.3 is 19.7 Å². The molecule has 0 aromatic heterocycles. The van der Waals surface area contributed by atoms with E-state index in [2.05, 4.69) is 10.2 Å². The van der Waals surface area contributed by atoms with Crippen LogP contribution in [0, 0.1) is 5.92 Å². The van der Waals surface area contributed by atoms with Crippen molar-refractivity contribution in [1.82, 2.24) is 10.2 Å². The Morgan fingerprint density at radius 3 is 2.87 bits per heavy atom. The predicted octanol–water partition coefficient (Wildman–Crippen LogP) is 1.44. The molecule has 162 valence electrons. The number of hydrogen-bond donors (Lipinski definition) is 1. The lowest BCUT2D eigenvalue weighted by atomic mass is 9.95. The van der Waals surface area contributed by atoms with Crippen molar-refractivity contribution in [3.8, 4) is 0 Å². The highest BCUT2D eigenvalue weighted by atomic mass is 16.5. The van der Waals surface area contributed by atoms with Gasteiger partial charge in [0.2, 0.25) is 5.91 Å². The first-order valence-electron chi connectivity index (χ1n) is 10.7. The maximum atomic E-state index is 13.2. The second kappa shape index (κ2) is 9.14. The SMILES string of the molecule is COCCNC(=O)C1CCCN(c2cccc3c2C(=O)N(CC2CCCO2)C3=O)C1. The zero-order chi connectivity index (χ0) is 21.1. The fourth-order valence-electron chi connectivity index (χ4n) is 4.57. The number of imide groups is 1. The lowest BCUT2D eigenvalue weighted by Crippen LogP contribution is -2.44. The largest absolute Gasteiger partial charge is 0.383 e. The molecule has 2 saturated heterocycles. The van der Waals surface area contributed by atoms with Crippen LogP contribution in [-0.2, 0) is 14.3 Å². The van der Waals surface area contributed by atoms with Gasteiger partial charge in [0.25, 0.3) is 11.8 Å². The van der Waals surface area contributed by atoms with E-state index in [4.69, 9.17) is 9.47 Å². The first-order chi connectivity index (χ1) is 14.6. The molecular weight excluding hydrogens is 386 g/mol. The van der Waals surface area contributed by atoms with Crippen LogP contribution in [0.1, 0.15) is 46.4 Å². The summed E-state index contributed by atoms with van der Waals surface area (Å²) in [6, 6.07) is 5.41. The highest BCUT2D eigenvalue weighted by Gasteiger charge is 2.40. The zero-order valence-electron chi connectivity index (χ0n) is 17.4. The number of carbonyl (C=O) groups is 3. The number of anilines is 1. The number of hydrogen-bond acceptors (Lipinski definition) is 6. The summed E-state index contributed by atoms with van der Waals surface area (Å²) in [5.74, 6) is -0.653. The topological polar surface area (TPSA) is 88.2 Å². The molecule has 30 heavy (non-hydrogen) atoms. The molecular formula is C22H29N3O5. The fraction of sp³-hybridized carbons (Fsp3) is 0.591. The number of carbonyl (C=O) groups excluding carboxylic acids is 3. The molecule has 1 aromatic rings. The molecule has 8 nitrogen and oxygen atoms in total. The normalized spacial score (nSPS) is 23.8.